The van der Waals surface area contributed by atoms with Gasteiger partial charge in [-0.1, -0.05) is 12.1 Å². The van der Waals surface area contributed by atoms with Crippen molar-refractivity contribution in [3.63, 3.8) is 0 Å². The van der Waals surface area contributed by atoms with Crippen molar-refractivity contribution in [2.45, 2.75) is 13.8 Å². The Morgan fingerprint density at radius 2 is 2.05 bits per heavy atom. The predicted molar refractivity (Wildman–Crippen MR) is 87.6 cm³/mol. The van der Waals surface area contributed by atoms with E-state index in [1.54, 1.807) is 6.92 Å². The zero-order valence-electron chi connectivity index (χ0n) is 12.4. The van der Waals surface area contributed by atoms with Gasteiger partial charge in [-0.05, 0) is 38.1 Å². The molecule has 5 heteroatoms. The lowest BCUT2D eigenvalue weighted by Gasteiger charge is -2.04. The molecular formula is C17H16N2O2S. The Kier molecular flexibility index (Phi) is 4.06. The lowest BCUT2D eigenvalue weighted by molar-refractivity contribution is 0.0531. The van der Waals surface area contributed by atoms with E-state index in [0.717, 1.165) is 16.3 Å². The Hall–Kier alpha value is -2.40. The maximum absolute atomic E-state index is 11.9. The summed E-state index contributed by atoms with van der Waals surface area (Å²) in [6, 6.07) is 12.1. The zero-order chi connectivity index (χ0) is 15.5. The van der Waals surface area contributed by atoms with Crippen molar-refractivity contribution >= 4 is 17.3 Å². The molecule has 0 radical (unpaired) electrons. The van der Waals surface area contributed by atoms with Crippen molar-refractivity contribution in [2.75, 3.05) is 6.61 Å². The number of aromatic nitrogens is 2. The van der Waals surface area contributed by atoms with Gasteiger partial charge >= 0.3 is 5.97 Å². The number of nitrogens with zero attached hydrogens (tertiary/aromatic N) is 2. The van der Waals surface area contributed by atoms with Gasteiger partial charge in [0, 0.05) is 23.6 Å². The SMILES string of the molecule is CCOC(=O)c1sc(-c2cccc(-n3cccc3)c2)nc1C. The second kappa shape index (κ2) is 6.15. The molecule has 0 bridgehead atoms. The minimum atomic E-state index is -0.301. The summed E-state index contributed by atoms with van der Waals surface area (Å²) in [6.07, 6.45) is 3.99. The summed E-state index contributed by atoms with van der Waals surface area (Å²) in [5, 5.41) is 0.828. The van der Waals surface area contributed by atoms with E-state index in [1.165, 1.54) is 11.3 Å². The summed E-state index contributed by atoms with van der Waals surface area (Å²) >= 11 is 1.37. The van der Waals surface area contributed by atoms with Gasteiger partial charge < -0.3 is 9.30 Å². The molecular weight excluding hydrogens is 296 g/mol. The van der Waals surface area contributed by atoms with Crippen molar-refractivity contribution in [2.24, 2.45) is 0 Å². The molecule has 112 valence electrons. The van der Waals surface area contributed by atoms with E-state index in [2.05, 4.69) is 11.1 Å². The zero-order valence-corrected chi connectivity index (χ0v) is 13.3. The van der Waals surface area contributed by atoms with E-state index in [-0.39, 0.29) is 5.97 Å². The van der Waals surface area contributed by atoms with E-state index < -0.39 is 0 Å². The van der Waals surface area contributed by atoms with Crippen LogP contribution in [0.25, 0.3) is 16.3 Å². The summed E-state index contributed by atoms with van der Waals surface area (Å²) in [7, 11) is 0. The third-order valence-electron chi connectivity index (χ3n) is 3.25. The molecule has 0 aliphatic rings. The smallest absolute Gasteiger partial charge is 0.350 e. The first-order chi connectivity index (χ1) is 10.7. The Balaban J connectivity index is 1.97. The van der Waals surface area contributed by atoms with Gasteiger partial charge in [-0.25, -0.2) is 9.78 Å². The van der Waals surface area contributed by atoms with Crippen LogP contribution in [0.2, 0.25) is 0 Å². The fourth-order valence-corrected chi connectivity index (χ4v) is 3.17. The van der Waals surface area contributed by atoms with Gasteiger partial charge in [0.1, 0.15) is 9.88 Å². The molecule has 0 N–H and O–H groups in total. The Bertz CT molecular complexity index is 791. The highest BCUT2D eigenvalue weighted by atomic mass is 32.1. The molecule has 3 aromatic rings. The highest BCUT2D eigenvalue weighted by Crippen LogP contribution is 2.29. The molecule has 0 aliphatic heterocycles. The Morgan fingerprint density at radius 1 is 1.27 bits per heavy atom. The van der Waals surface area contributed by atoms with Gasteiger partial charge in [0.25, 0.3) is 0 Å². The number of hydrogen-bond donors (Lipinski definition) is 0. The number of hydrogen-bond acceptors (Lipinski definition) is 4. The third-order valence-corrected chi connectivity index (χ3v) is 4.44. The monoisotopic (exact) mass is 312 g/mol. The number of ether oxygens (including phenoxy) is 1. The van der Waals surface area contributed by atoms with Crippen LogP contribution in [0.3, 0.4) is 0 Å². The summed E-state index contributed by atoms with van der Waals surface area (Å²) in [5.41, 5.74) is 2.77. The van der Waals surface area contributed by atoms with Crippen LogP contribution in [0, 0.1) is 6.92 Å². The maximum Gasteiger partial charge on any atom is 0.350 e. The molecule has 0 amide bonds. The molecule has 0 unspecified atom stereocenters. The molecule has 2 aromatic heterocycles. The standard InChI is InChI=1S/C17H16N2O2S/c1-3-21-17(20)15-12(2)18-16(22-15)13-7-6-8-14(11-13)19-9-4-5-10-19/h4-11H,3H2,1-2H3. The normalized spacial score (nSPS) is 10.6. The van der Waals surface area contributed by atoms with Crippen LogP contribution in [-0.2, 0) is 4.74 Å². The molecule has 0 atom stereocenters. The van der Waals surface area contributed by atoms with Gasteiger partial charge in [-0.15, -0.1) is 11.3 Å². The quantitative estimate of drug-likeness (QED) is 0.682. The number of esters is 1. The van der Waals surface area contributed by atoms with Crippen LogP contribution >= 0.6 is 11.3 Å². The van der Waals surface area contributed by atoms with Crippen molar-refractivity contribution in [1.82, 2.24) is 9.55 Å². The first-order valence-corrected chi connectivity index (χ1v) is 7.89. The summed E-state index contributed by atoms with van der Waals surface area (Å²) < 4.78 is 7.11. The maximum atomic E-state index is 11.9. The second-order valence-electron chi connectivity index (χ2n) is 4.79. The molecule has 3 rings (SSSR count). The Morgan fingerprint density at radius 3 is 2.77 bits per heavy atom. The first kappa shape index (κ1) is 14.5. The number of benzene rings is 1. The van der Waals surface area contributed by atoms with Crippen molar-refractivity contribution in [3.8, 4) is 16.3 Å². The van der Waals surface area contributed by atoms with Gasteiger partial charge in [0.2, 0.25) is 0 Å². The van der Waals surface area contributed by atoms with Crippen LogP contribution in [0.1, 0.15) is 22.3 Å². The van der Waals surface area contributed by atoms with Crippen LogP contribution in [0.4, 0.5) is 0 Å². The predicted octanol–water partition coefficient (Wildman–Crippen LogP) is 4.09. The van der Waals surface area contributed by atoms with Crippen LogP contribution < -0.4 is 0 Å². The fraction of sp³-hybridized carbons (Fsp3) is 0.176. The molecule has 2 heterocycles. The molecule has 0 saturated heterocycles. The van der Waals surface area contributed by atoms with Gasteiger partial charge in [-0.3, -0.25) is 0 Å². The average Bonchev–Trinajstić information content (AvgIpc) is 3.17. The molecule has 22 heavy (non-hydrogen) atoms. The number of carbonyl (C=O) groups excluding carboxylic acids is 1. The Labute approximate surface area is 133 Å². The average molecular weight is 312 g/mol. The number of rotatable bonds is 4. The van der Waals surface area contributed by atoms with Crippen molar-refractivity contribution in [3.05, 3.63) is 59.4 Å². The van der Waals surface area contributed by atoms with E-state index in [4.69, 9.17) is 4.74 Å². The summed E-state index contributed by atoms with van der Waals surface area (Å²) in [6.45, 7) is 4.01. The minimum Gasteiger partial charge on any atom is -0.462 e. The number of carbonyl (C=O) groups is 1. The van der Waals surface area contributed by atoms with Crippen LogP contribution in [-0.4, -0.2) is 22.1 Å². The largest absolute Gasteiger partial charge is 0.462 e. The van der Waals surface area contributed by atoms with E-state index >= 15 is 0 Å². The van der Waals surface area contributed by atoms with Crippen molar-refractivity contribution < 1.29 is 9.53 Å². The van der Waals surface area contributed by atoms with E-state index in [9.17, 15) is 4.79 Å². The molecule has 0 saturated carbocycles. The minimum absolute atomic E-state index is 0.301. The molecule has 1 aromatic carbocycles. The highest BCUT2D eigenvalue weighted by Gasteiger charge is 2.17. The second-order valence-corrected chi connectivity index (χ2v) is 5.79. The van der Waals surface area contributed by atoms with E-state index in [0.29, 0.717) is 17.2 Å². The highest BCUT2D eigenvalue weighted by molar-refractivity contribution is 7.17. The van der Waals surface area contributed by atoms with E-state index in [1.807, 2.05) is 54.2 Å². The summed E-state index contributed by atoms with van der Waals surface area (Å²) in [5.74, 6) is -0.301. The van der Waals surface area contributed by atoms with Gasteiger partial charge in [-0.2, -0.15) is 0 Å². The van der Waals surface area contributed by atoms with Crippen LogP contribution in [0.5, 0.6) is 0 Å². The fourth-order valence-electron chi connectivity index (χ4n) is 2.21. The topological polar surface area (TPSA) is 44.1 Å². The third kappa shape index (κ3) is 2.80. The number of thiazole rings is 1. The molecule has 4 nitrogen and oxygen atoms in total. The van der Waals surface area contributed by atoms with Crippen molar-refractivity contribution in [1.29, 1.82) is 0 Å². The van der Waals surface area contributed by atoms with Gasteiger partial charge in [0.05, 0.1) is 12.3 Å². The molecule has 0 fully saturated rings. The number of aryl methyl sites for hydroxylation is 1. The first-order valence-electron chi connectivity index (χ1n) is 7.07. The van der Waals surface area contributed by atoms with Crippen LogP contribution in [0.15, 0.2) is 48.8 Å². The van der Waals surface area contributed by atoms with Gasteiger partial charge in [0.15, 0.2) is 0 Å². The lowest BCUT2D eigenvalue weighted by Crippen LogP contribution is -2.03. The summed E-state index contributed by atoms with van der Waals surface area (Å²) in [4.78, 5) is 17.0. The molecule has 0 spiro atoms. The lowest BCUT2D eigenvalue weighted by atomic mass is 10.2. The molecule has 0 aliphatic carbocycles.